The number of benzene rings is 3. The number of aryl methyl sites for hydroxylation is 1. The zero-order valence-corrected chi connectivity index (χ0v) is 20.7. The molecule has 2 N–H and O–H groups in total. The van der Waals surface area contributed by atoms with Crippen LogP contribution < -0.4 is 9.47 Å². The molecule has 2 aromatic heterocycles. The molecule has 0 aliphatic rings. The Labute approximate surface area is 218 Å². The minimum absolute atomic E-state index is 0.182. The molecule has 39 heavy (non-hydrogen) atoms. The molecule has 0 saturated heterocycles. The van der Waals surface area contributed by atoms with Gasteiger partial charge in [0.25, 0.3) is 0 Å². The SMILES string of the molecule is COc1cc2c(-c3nn[nH]n3)cnc(C(=O)c3cccc4ccc(C)cc34)c2cc1OC.O=C(O)C(F)(F)F. The van der Waals surface area contributed by atoms with Crippen LogP contribution >= 0.6 is 0 Å². The van der Waals surface area contributed by atoms with Gasteiger partial charge in [0.2, 0.25) is 11.6 Å². The van der Waals surface area contributed by atoms with Gasteiger partial charge < -0.3 is 14.6 Å². The summed E-state index contributed by atoms with van der Waals surface area (Å²) in [5, 5.41) is 24.6. The van der Waals surface area contributed by atoms with Gasteiger partial charge in [-0.05, 0) is 35.0 Å². The number of H-pyrrole nitrogens is 1. The van der Waals surface area contributed by atoms with Crippen LogP contribution in [-0.4, -0.2) is 62.9 Å². The summed E-state index contributed by atoms with van der Waals surface area (Å²) in [4.78, 5) is 27.2. The number of ether oxygens (including phenoxy) is 2. The van der Waals surface area contributed by atoms with Crippen LogP contribution in [0.25, 0.3) is 32.9 Å². The molecule has 5 rings (SSSR count). The lowest BCUT2D eigenvalue weighted by molar-refractivity contribution is -0.192. The monoisotopic (exact) mass is 539 g/mol. The maximum absolute atomic E-state index is 13.8. The number of methoxy groups -OCH3 is 2. The third kappa shape index (κ3) is 5.46. The van der Waals surface area contributed by atoms with Crippen molar-refractivity contribution in [2.45, 2.75) is 13.1 Å². The average molecular weight is 539 g/mol. The predicted molar refractivity (Wildman–Crippen MR) is 134 cm³/mol. The van der Waals surface area contributed by atoms with E-state index in [1.54, 1.807) is 32.5 Å². The number of carboxylic acid groups (broad SMARTS) is 1. The van der Waals surface area contributed by atoms with Crippen LogP contribution in [-0.2, 0) is 4.79 Å². The lowest BCUT2D eigenvalue weighted by Crippen LogP contribution is -2.21. The second kappa shape index (κ2) is 10.7. The number of alkyl halides is 3. The van der Waals surface area contributed by atoms with Crippen molar-refractivity contribution >= 4 is 33.3 Å². The first-order valence-corrected chi connectivity index (χ1v) is 11.2. The number of nitrogens with one attached hydrogen (secondary N) is 1. The molecule has 2 heterocycles. The van der Waals surface area contributed by atoms with Gasteiger partial charge >= 0.3 is 12.1 Å². The number of pyridine rings is 1. The number of ketones is 1. The first-order valence-electron chi connectivity index (χ1n) is 11.2. The molecule has 0 unspecified atom stereocenters. The molecule has 0 aliphatic carbocycles. The fraction of sp³-hybridized carbons (Fsp3) is 0.154. The number of tetrazole rings is 1. The topological polar surface area (TPSA) is 140 Å². The third-order valence-electron chi connectivity index (χ3n) is 5.72. The van der Waals surface area contributed by atoms with Crippen LogP contribution in [0, 0.1) is 6.92 Å². The second-order valence-electron chi connectivity index (χ2n) is 8.17. The Bertz CT molecular complexity index is 1690. The summed E-state index contributed by atoms with van der Waals surface area (Å²) in [6, 6.07) is 15.3. The van der Waals surface area contributed by atoms with Crippen molar-refractivity contribution in [2.24, 2.45) is 0 Å². The lowest BCUT2D eigenvalue weighted by atomic mass is 9.95. The fourth-order valence-corrected chi connectivity index (χ4v) is 3.91. The number of carbonyl (C=O) groups is 2. The van der Waals surface area contributed by atoms with Crippen molar-refractivity contribution in [3.8, 4) is 22.9 Å². The Balaban J connectivity index is 0.000000448. The van der Waals surface area contributed by atoms with Crippen LogP contribution in [0.3, 0.4) is 0 Å². The molecule has 0 radical (unpaired) electrons. The van der Waals surface area contributed by atoms with Crippen LogP contribution in [0.4, 0.5) is 13.2 Å². The number of hydrogen-bond acceptors (Lipinski definition) is 8. The number of hydrogen-bond donors (Lipinski definition) is 2. The first kappa shape index (κ1) is 27.0. The molecule has 0 atom stereocenters. The molecule has 0 amide bonds. The van der Waals surface area contributed by atoms with Crippen LogP contribution in [0.15, 0.2) is 54.7 Å². The molecular weight excluding hydrogens is 519 g/mol. The van der Waals surface area contributed by atoms with Gasteiger partial charge in [-0.2, -0.15) is 18.4 Å². The average Bonchev–Trinajstić information content (AvgIpc) is 3.45. The summed E-state index contributed by atoms with van der Waals surface area (Å²) in [7, 11) is 3.11. The quantitative estimate of drug-likeness (QED) is 0.303. The van der Waals surface area contributed by atoms with Gasteiger partial charge in [-0.25, -0.2) is 4.79 Å². The summed E-state index contributed by atoms with van der Waals surface area (Å²) in [5.41, 5.74) is 2.60. The van der Waals surface area contributed by atoms with Crippen molar-refractivity contribution in [1.82, 2.24) is 25.6 Å². The number of rotatable bonds is 5. The molecule has 0 saturated carbocycles. The van der Waals surface area contributed by atoms with Crippen molar-refractivity contribution < 1.29 is 37.3 Å². The van der Waals surface area contributed by atoms with E-state index in [1.807, 2.05) is 43.3 Å². The van der Waals surface area contributed by atoms with Gasteiger partial charge in [-0.15, -0.1) is 10.2 Å². The van der Waals surface area contributed by atoms with Crippen LogP contribution in [0.2, 0.25) is 0 Å². The Morgan fingerprint density at radius 2 is 1.62 bits per heavy atom. The maximum Gasteiger partial charge on any atom is 0.490 e. The molecule has 13 heteroatoms. The van der Waals surface area contributed by atoms with Gasteiger partial charge in [-0.3, -0.25) is 9.78 Å². The maximum atomic E-state index is 13.8. The van der Waals surface area contributed by atoms with Crippen molar-refractivity contribution in [1.29, 1.82) is 0 Å². The molecule has 0 spiro atoms. The fourth-order valence-electron chi connectivity index (χ4n) is 3.91. The molecule has 200 valence electrons. The van der Waals surface area contributed by atoms with E-state index in [0.29, 0.717) is 44.9 Å². The van der Waals surface area contributed by atoms with E-state index in [-0.39, 0.29) is 5.78 Å². The normalized spacial score (nSPS) is 11.1. The summed E-state index contributed by atoms with van der Waals surface area (Å²) < 4.78 is 42.7. The van der Waals surface area contributed by atoms with E-state index >= 15 is 0 Å². The number of aromatic nitrogens is 5. The Morgan fingerprint density at radius 1 is 0.949 bits per heavy atom. The number of halogens is 3. The van der Waals surface area contributed by atoms with Crippen molar-refractivity contribution in [3.05, 3.63) is 71.5 Å². The predicted octanol–water partition coefficient (Wildman–Crippen LogP) is 4.76. The molecule has 5 aromatic rings. The van der Waals surface area contributed by atoms with E-state index in [2.05, 4.69) is 25.6 Å². The second-order valence-corrected chi connectivity index (χ2v) is 8.17. The smallest absolute Gasteiger partial charge is 0.490 e. The van der Waals surface area contributed by atoms with Crippen LogP contribution in [0.1, 0.15) is 21.6 Å². The van der Waals surface area contributed by atoms with Gasteiger partial charge in [-0.1, -0.05) is 42.0 Å². The Morgan fingerprint density at radius 3 is 2.21 bits per heavy atom. The van der Waals surface area contributed by atoms with Gasteiger partial charge in [0.1, 0.15) is 5.69 Å². The number of fused-ring (bicyclic) bond motifs is 2. The van der Waals surface area contributed by atoms with E-state index in [1.165, 1.54) is 0 Å². The summed E-state index contributed by atoms with van der Waals surface area (Å²) in [5.74, 6) is -1.55. The van der Waals surface area contributed by atoms with Crippen molar-refractivity contribution in [3.63, 3.8) is 0 Å². The van der Waals surface area contributed by atoms with Crippen LogP contribution in [0.5, 0.6) is 11.5 Å². The standard InChI is InChI=1S/C24H19N5O3.C2HF3O2/c1-13-7-8-14-5-4-6-15(16(14)9-13)23(30)22-18-11-21(32-3)20(31-2)10-17(18)19(12-25-22)24-26-28-29-27-24;3-2(4,5)1(6)7/h4-12H,1-3H3,(H,26,27,28,29);(H,6,7). The number of aliphatic carboxylic acids is 1. The third-order valence-corrected chi connectivity index (χ3v) is 5.72. The molecule has 10 nitrogen and oxygen atoms in total. The minimum atomic E-state index is -5.08. The van der Waals surface area contributed by atoms with E-state index in [4.69, 9.17) is 19.4 Å². The van der Waals surface area contributed by atoms with Gasteiger partial charge in [0, 0.05) is 28.1 Å². The summed E-state index contributed by atoms with van der Waals surface area (Å²) >= 11 is 0. The van der Waals surface area contributed by atoms with E-state index in [0.717, 1.165) is 16.3 Å². The van der Waals surface area contributed by atoms with Gasteiger partial charge in [0.05, 0.1) is 14.2 Å². The van der Waals surface area contributed by atoms with Gasteiger partial charge in [0.15, 0.2) is 11.5 Å². The number of carbonyl (C=O) groups excluding carboxylic acids is 1. The summed E-state index contributed by atoms with van der Waals surface area (Å²) in [6.07, 6.45) is -3.50. The Kier molecular flexibility index (Phi) is 7.42. The molecule has 0 aliphatic heterocycles. The highest BCUT2D eigenvalue weighted by molar-refractivity contribution is 6.21. The Hall–Kier alpha value is -5.07. The first-order chi connectivity index (χ1) is 18.5. The summed E-state index contributed by atoms with van der Waals surface area (Å²) in [6.45, 7) is 2.01. The largest absolute Gasteiger partial charge is 0.493 e. The molecule has 0 bridgehead atoms. The lowest BCUT2D eigenvalue weighted by Gasteiger charge is -2.14. The zero-order valence-electron chi connectivity index (χ0n) is 20.7. The highest BCUT2D eigenvalue weighted by Gasteiger charge is 2.38. The highest BCUT2D eigenvalue weighted by Crippen LogP contribution is 2.38. The molecule has 0 fully saturated rings. The number of nitrogens with zero attached hydrogens (tertiary/aromatic N) is 4. The zero-order chi connectivity index (χ0) is 28.3. The van der Waals surface area contributed by atoms with E-state index < -0.39 is 12.1 Å². The van der Waals surface area contributed by atoms with E-state index in [9.17, 15) is 18.0 Å². The highest BCUT2D eigenvalue weighted by atomic mass is 19.4. The molecule has 3 aromatic carbocycles. The number of carboxylic acids is 1. The molecular formula is C26H20F3N5O5. The van der Waals surface area contributed by atoms with Crippen molar-refractivity contribution in [2.75, 3.05) is 14.2 Å². The minimum Gasteiger partial charge on any atom is -0.493 e. The number of aromatic amines is 1.